The number of unbranched alkanes of at least 4 members (excludes halogenated alkanes) is 9. The Kier molecular flexibility index (Phi) is 40.2. The fourth-order valence-electron chi connectivity index (χ4n) is 2.19. The molecule has 136 valence electrons. The molecule has 0 radical (unpaired) electrons. The Morgan fingerprint density at radius 1 is 0.731 bits per heavy atom. The third-order valence-corrected chi connectivity index (χ3v) is 3.44. The Morgan fingerprint density at radius 3 is 1.27 bits per heavy atom. The van der Waals surface area contributed by atoms with Crippen LogP contribution in [-0.2, 0) is 9.59 Å². The van der Waals surface area contributed by atoms with Gasteiger partial charge in [-0.3, -0.25) is 16.9 Å². The number of aliphatic carboxylic acids is 2. The molecule has 0 aliphatic rings. The predicted molar refractivity (Wildman–Crippen MR) is 81.0 cm³/mol. The van der Waals surface area contributed by atoms with Gasteiger partial charge in [-0.05, 0) is 6.42 Å². The molecular formula is C15H28BLi3O7. The molecule has 0 heterocycles. The van der Waals surface area contributed by atoms with Crippen molar-refractivity contribution in [2.24, 2.45) is 5.92 Å². The molecule has 0 fully saturated rings. The van der Waals surface area contributed by atoms with E-state index >= 15 is 0 Å². The van der Waals surface area contributed by atoms with Crippen molar-refractivity contribution in [3.05, 3.63) is 0 Å². The normalized spacial score (nSPS) is 8.96. The average Bonchev–Trinajstić information content (AvgIpc) is 2.43. The maximum atomic E-state index is 10.7. The van der Waals surface area contributed by atoms with Crippen molar-refractivity contribution < 1.29 is 91.5 Å². The quantitative estimate of drug-likeness (QED) is 0.190. The third kappa shape index (κ3) is 32.4. The number of rotatable bonds is 13. The number of hydrogen-bond acceptors (Lipinski definition) is 5. The van der Waals surface area contributed by atoms with Crippen molar-refractivity contribution in [3.8, 4) is 0 Å². The molecule has 0 aromatic carbocycles. The molecule has 0 aliphatic heterocycles. The molecule has 0 unspecified atom stereocenters. The van der Waals surface area contributed by atoms with Crippen LogP contribution in [0.15, 0.2) is 0 Å². The van der Waals surface area contributed by atoms with E-state index in [0.717, 1.165) is 12.8 Å². The first-order valence-electron chi connectivity index (χ1n) is 8.26. The monoisotopic (exact) mass is 352 g/mol. The standard InChI is InChI=1S/C15H28O4.BO3.3Li/c1-2-3-4-5-6-7-8-9-10-11-12-13(14(16)17)15(18)19;2-1(3)4;;;/h13H,2-12H2,1H3,(H,16,17)(H,18,19);;;;/q;-3;3*+1. The van der Waals surface area contributed by atoms with Gasteiger partial charge in [-0.1, -0.05) is 71.1 Å². The van der Waals surface area contributed by atoms with Crippen LogP contribution in [0.5, 0.6) is 0 Å². The molecule has 2 N–H and O–H groups in total. The maximum Gasteiger partial charge on any atom is 1.00 e. The summed E-state index contributed by atoms with van der Waals surface area (Å²) in [6, 6.07) is 0. The number of carboxylic acid groups (broad SMARTS) is 2. The van der Waals surface area contributed by atoms with Gasteiger partial charge in [0.15, 0.2) is 5.92 Å². The van der Waals surface area contributed by atoms with E-state index in [-0.39, 0.29) is 63.0 Å². The van der Waals surface area contributed by atoms with E-state index in [1.807, 2.05) is 0 Å². The van der Waals surface area contributed by atoms with Gasteiger partial charge in [0, 0.05) is 0 Å². The number of carboxylic acids is 2. The van der Waals surface area contributed by atoms with Crippen molar-refractivity contribution in [2.75, 3.05) is 0 Å². The summed E-state index contributed by atoms with van der Waals surface area (Å²) in [5.41, 5.74) is 0. The van der Waals surface area contributed by atoms with Gasteiger partial charge in [0.1, 0.15) is 0 Å². The molecule has 0 rings (SSSR count). The van der Waals surface area contributed by atoms with Gasteiger partial charge in [0.25, 0.3) is 0 Å². The van der Waals surface area contributed by atoms with Gasteiger partial charge < -0.3 is 25.3 Å². The zero-order valence-corrected chi connectivity index (χ0v) is 16.9. The van der Waals surface area contributed by atoms with Gasteiger partial charge in [0.2, 0.25) is 0 Å². The van der Waals surface area contributed by atoms with Crippen molar-refractivity contribution in [1.29, 1.82) is 0 Å². The summed E-state index contributed by atoms with van der Waals surface area (Å²) in [5, 5.41) is 42.7. The van der Waals surface area contributed by atoms with Gasteiger partial charge in [-0.25, -0.2) is 0 Å². The van der Waals surface area contributed by atoms with Gasteiger partial charge in [0.05, 0.1) is 0 Å². The molecule has 26 heavy (non-hydrogen) atoms. The second kappa shape index (κ2) is 27.9. The van der Waals surface area contributed by atoms with Crippen LogP contribution in [0, 0.1) is 5.92 Å². The largest absolute Gasteiger partial charge is 1.00 e. The summed E-state index contributed by atoms with van der Waals surface area (Å²) in [4.78, 5) is 21.3. The van der Waals surface area contributed by atoms with Gasteiger partial charge >= 0.3 is 68.5 Å². The van der Waals surface area contributed by atoms with Crippen LogP contribution in [0.25, 0.3) is 0 Å². The molecule has 0 saturated carbocycles. The van der Waals surface area contributed by atoms with Crippen LogP contribution in [0.1, 0.15) is 77.6 Å². The molecule has 0 amide bonds. The molecule has 0 aliphatic carbocycles. The Bertz CT molecular complexity index is 294. The molecule has 0 atom stereocenters. The van der Waals surface area contributed by atoms with Crippen LogP contribution in [0.4, 0.5) is 0 Å². The van der Waals surface area contributed by atoms with E-state index in [2.05, 4.69) is 6.92 Å². The minimum Gasteiger partial charge on any atom is -0.907 e. The summed E-state index contributed by atoms with van der Waals surface area (Å²) < 4.78 is 0. The molecule has 0 bridgehead atoms. The molecule has 0 spiro atoms. The Hall–Kier alpha value is 0.677. The van der Waals surface area contributed by atoms with Crippen molar-refractivity contribution in [2.45, 2.75) is 77.6 Å². The SMILES string of the molecule is CCCCCCCCCCCCC(C(=O)O)C(=O)O.[Li+].[Li+].[Li+].[O-]B([O-])[O-]. The summed E-state index contributed by atoms with van der Waals surface area (Å²) in [7, 11) is -2.92. The molecular weight excluding hydrogens is 324 g/mol. The zero-order chi connectivity index (χ0) is 18.1. The van der Waals surface area contributed by atoms with Crippen LogP contribution >= 0.6 is 0 Å². The topological polar surface area (TPSA) is 144 Å². The summed E-state index contributed by atoms with van der Waals surface area (Å²) in [5.74, 6) is -3.67. The first kappa shape index (κ1) is 37.4. The van der Waals surface area contributed by atoms with E-state index in [1.165, 1.54) is 44.9 Å². The summed E-state index contributed by atoms with van der Waals surface area (Å²) in [6.45, 7) is 2.21. The smallest absolute Gasteiger partial charge is 0.907 e. The van der Waals surface area contributed by atoms with Crippen LogP contribution in [-0.4, -0.2) is 29.5 Å². The maximum absolute atomic E-state index is 10.7. The van der Waals surface area contributed by atoms with Gasteiger partial charge in [-0.2, -0.15) is 0 Å². The fraction of sp³-hybridized carbons (Fsp3) is 0.867. The molecule has 0 saturated heterocycles. The van der Waals surface area contributed by atoms with Crippen LogP contribution in [0.2, 0.25) is 0 Å². The second-order valence-electron chi connectivity index (χ2n) is 5.49. The second-order valence-corrected chi connectivity index (χ2v) is 5.49. The molecule has 0 aromatic heterocycles. The van der Waals surface area contributed by atoms with Gasteiger partial charge in [-0.15, -0.1) is 0 Å². The third-order valence-electron chi connectivity index (χ3n) is 3.44. The molecule has 7 nitrogen and oxygen atoms in total. The van der Waals surface area contributed by atoms with Crippen molar-refractivity contribution in [3.63, 3.8) is 0 Å². The predicted octanol–water partition coefficient (Wildman–Crippen LogP) is -8.85. The van der Waals surface area contributed by atoms with E-state index in [9.17, 15) is 9.59 Å². The molecule has 11 heteroatoms. The number of carbonyl (C=O) groups is 2. The van der Waals surface area contributed by atoms with Crippen molar-refractivity contribution >= 4 is 19.3 Å². The average molecular weight is 352 g/mol. The Balaban J connectivity index is -0.000000190. The minimum atomic E-state index is -2.92. The Labute approximate surface area is 193 Å². The minimum absolute atomic E-state index is 0. The first-order valence-corrected chi connectivity index (χ1v) is 8.26. The first-order chi connectivity index (χ1) is 10.8. The number of hydrogen-bond donors (Lipinski definition) is 2. The van der Waals surface area contributed by atoms with Crippen LogP contribution in [0.3, 0.4) is 0 Å². The van der Waals surface area contributed by atoms with E-state index in [0.29, 0.717) is 6.42 Å². The zero-order valence-electron chi connectivity index (χ0n) is 16.9. The van der Waals surface area contributed by atoms with E-state index in [1.54, 1.807) is 0 Å². The van der Waals surface area contributed by atoms with E-state index in [4.69, 9.17) is 25.3 Å². The van der Waals surface area contributed by atoms with Crippen molar-refractivity contribution in [1.82, 2.24) is 0 Å². The molecule has 0 aromatic rings. The van der Waals surface area contributed by atoms with Crippen LogP contribution < -0.4 is 71.7 Å². The Morgan fingerprint density at radius 2 is 1.00 bits per heavy atom. The summed E-state index contributed by atoms with van der Waals surface area (Å²) >= 11 is 0. The van der Waals surface area contributed by atoms with E-state index < -0.39 is 25.2 Å². The fourth-order valence-corrected chi connectivity index (χ4v) is 2.19. The summed E-state index contributed by atoms with van der Waals surface area (Å²) in [6.07, 6.45) is 11.9.